The summed E-state index contributed by atoms with van der Waals surface area (Å²) in [5, 5.41) is 3.37. The van der Waals surface area contributed by atoms with Gasteiger partial charge in [0.1, 0.15) is 11.6 Å². The van der Waals surface area contributed by atoms with Crippen molar-refractivity contribution in [2.75, 3.05) is 6.61 Å². The zero-order valence-electron chi connectivity index (χ0n) is 10.7. The van der Waals surface area contributed by atoms with Crippen LogP contribution in [0, 0.1) is 11.6 Å². The van der Waals surface area contributed by atoms with Crippen molar-refractivity contribution in [3.63, 3.8) is 0 Å². The minimum atomic E-state index is -0.473. The van der Waals surface area contributed by atoms with Crippen LogP contribution in [0.3, 0.4) is 0 Å². The maximum absolute atomic E-state index is 13.5. The molecule has 0 aliphatic carbocycles. The van der Waals surface area contributed by atoms with Crippen LogP contribution in [0.5, 0.6) is 0 Å². The van der Waals surface area contributed by atoms with Crippen molar-refractivity contribution in [3.8, 4) is 0 Å². The van der Waals surface area contributed by atoms with Crippen LogP contribution in [0.25, 0.3) is 0 Å². The summed E-state index contributed by atoms with van der Waals surface area (Å²) < 4.78 is 32.5. The van der Waals surface area contributed by atoms with Crippen molar-refractivity contribution < 1.29 is 13.5 Å². The average Bonchev–Trinajstić information content (AvgIpc) is 2.70. The number of nitrogens with one attached hydrogen (secondary N) is 1. The fourth-order valence-electron chi connectivity index (χ4n) is 2.41. The molecule has 3 atom stereocenters. The van der Waals surface area contributed by atoms with Gasteiger partial charge < -0.3 is 10.1 Å². The second-order valence-corrected chi connectivity index (χ2v) is 4.94. The summed E-state index contributed by atoms with van der Waals surface area (Å²) in [6.45, 7) is 4.71. The van der Waals surface area contributed by atoms with Gasteiger partial charge in [0.05, 0.1) is 6.10 Å². The van der Waals surface area contributed by atoms with Crippen LogP contribution in [-0.4, -0.2) is 24.8 Å². The van der Waals surface area contributed by atoms with Gasteiger partial charge in [-0.15, -0.1) is 0 Å². The molecule has 0 spiro atoms. The Balaban J connectivity index is 1.96. The molecule has 2 nitrogen and oxygen atoms in total. The molecule has 1 fully saturated rings. The average molecular weight is 255 g/mol. The molecule has 3 unspecified atom stereocenters. The molecular formula is C14H19F2NO. The van der Waals surface area contributed by atoms with Crippen molar-refractivity contribution in [2.24, 2.45) is 0 Å². The van der Waals surface area contributed by atoms with Gasteiger partial charge >= 0.3 is 0 Å². The monoisotopic (exact) mass is 255 g/mol. The van der Waals surface area contributed by atoms with E-state index in [2.05, 4.69) is 5.32 Å². The lowest BCUT2D eigenvalue weighted by Crippen LogP contribution is -2.41. The molecule has 1 aromatic carbocycles. The van der Waals surface area contributed by atoms with Crippen molar-refractivity contribution >= 4 is 0 Å². The minimum absolute atomic E-state index is 0.0190. The van der Waals surface area contributed by atoms with E-state index in [1.54, 1.807) is 0 Å². The van der Waals surface area contributed by atoms with Crippen LogP contribution in [0.15, 0.2) is 18.2 Å². The Morgan fingerprint density at radius 3 is 2.61 bits per heavy atom. The van der Waals surface area contributed by atoms with Gasteiger partial charge in [-0.3, -0.25) is 0 Å². The molecule has 0 aromatic heterocycles. The van der Waals surface area contributed by atoms with E-state index in [1.165, 1.54) is 18.2 Å². The largest absolute Gasteiger partial charge is 0.377 e. The Morgan fingerprint density at radius 1 is 1.39 bits per heavy atom. The molecule has 1 N–H and O–H groups in total. The number of ether oxygens (including phenoxy) is 1. The Hall–Kier alpha value is -1.00. The number of benzene rings is 1. The highest BCUT2D eigenvalue weighted by molar-refractivity contribution is 5.20. The van der Waals surface area contributed by atoms with Crippen LogP contribution >= 0.6 is 0 Å². The summed E-state index contributed by atoms with van der Waals surface area (Å²) in [7, 11) is 0. The van der Waals surface area contributed by atoms with E-state index in [0.29, 0.717) is 6.42 Å². The lowest BCUT2D eigenvalue weighted by molar-refractivity contribution is 0.111. The molecule has 1 aliphatic rings. The molecule has 1 saturated heterocycles. The second kappa shape index (κ2) is 5.76. The smallest absolute Gasteiger partial charge is 0.129 e. The Morgan fingerprint density at radius 2 is 2.06 bits per heavy atom. The zero-order chi connectivity index (χ0) is 13.1. The fraction of sp³-hybridized carbons (Fsp3) is 0.571. The highest BCUT2D eigenvalue weighted by atomic mass is 19.1. The van der Waals surface area contributed by atoms with E-state index in [9.17, 15) is 8.78 Å². The SMILES string of the molecule is CC(Cc1c(F)cccc1F)NC1CCOC1C. The van der Waals surface area contributed by atoms with Gasteiger partial charge in [-0.25, -0.2) is 8.78 Å². The number of hydrogen-bond acceptors (Lipinski definition) is 2. The third-order valence-corrected chi connectivity index (χ3v) is 3.45. The van der Waals surface area contributed by atoms with Crippen LogP contribution in [-0.2, 0) is 11.2 Å². The van der Waals surface area contributed by atoms with E-state index >= 15 is 0 Å². The Labute approximate surface area is 106 Å². The minimum Gasteiger partial charge on any atom is -0.377 e. The molecule has 18 heavy (non-hydrogen) atoms. The summed E-state index contributed by atoms with van der Waals surface area (Å²) in [4.78, 5) is 0. The summed E-state index contributed by atoms with van der Waals surface area (Å²) >= 11 is 0. The van der Waals surface area contributed by atoms with Gasteiger partial charge in [0, 0.05) is 24.3 Å². The molecule has 100 valence electrons. The molecule has 0 saturated carbocycles. The first-order chi connectivity index (χ1) is 8.58. The van der Waals surface area contributed by atoms with Gasteiger partial charge in [-0.2, -0.15) is 0 Å². The van der Waals surface area contributed by atoms with Gasteiger partial charge in [-0.1, -0.05) is 6.07 Å². The summed E-state index contributed by atoms with van der Waals surface area (Å²) in [5.41, 5.74) is 0.157. The maximum atomic E-state index is 13.5. The first-order valence-corrected chi connectivity index (χ1v) is 6.38. The molecule has 2 rings (SSSR count). The standard InChI is InChI=1S/C14H19F2NO/c1-9(17-14-6-7-18-10(14)2)8-11-12(15)4-3-5-13(11)16/h3-5,9-10,14,17H,6-8H2,1-2H3. The predicted molar refractivity (Wildman–Crippen MR) is 66.5 cm³/mol. The van der Waals surface area contributed by atoms with E-state index in [4.69, 9.17) is 4.74 Å². The fourth-order valence-corrected chi connectivity index (χ4v) is 2.41. The number of rotatable bonds is 4. The highest BCUT2D eigenvalue weighted by Gasteiger charge is 2.25. The molecular weight excluding hydrogens is 236 g/mol. The number of halogens is 2. The highest BCUT2D eigenvalue weighted by Crippen LogP contribution is 2.17. The van der Waals surface area contributed by atoms with E-state index in [1.807, 2.05) is 13.8 Å². The van der Waals surface area contributed by atoms with Crippen LogP contribution in [0.2, 0.25) is 0 Å². The van der Waals surface area contributed by atoms with Crippen LogP contribution in [0.4, 0.5) is 8.78 Å². The molecule has 4 heteroatoms. The van der Waals surface area contributed by atoms with E-state index in [-0.39, 0.29) is 23.8 Å². The molecule has 1 aromatic rings. The predicted octanol–water partition coefficient (Wildman–Crippen LogP) is 2.66. The molecule has 0 amide bonds. The summed E-state index contributed by atoms with van der Waals surface area (Å²) in [5.74, 6) is -0.946. The van der Waals surface area contributed by atoms with Crippen molar-refractivity contribution in [2.45, 2.75) is 44.9 Å². The third-order valence-electron chi connectivity index (χ3n) is 3.45. The van der Waals surface area contributed by atoms with Gasteiger partial charge in [0.2, 0.25) is 0 Å². The van der Waals surface area contributed by atoms with Crippen molar-refractivity contribution in [1.29, 1.82) is 0 Å². The van der Waals surface area contributed by atoms with Crippen molar-refractivity contribution in [1.82, 2.24) is 5.32 Å². The normalized spacial score (nSPS) is 25.3. The Kier molecular flexibility index (Phi) is 4.30. The van der Waals surface area contributed by atoms with E-state index in [0.717, 1.165) is 13.0 Å². The second-order valence-electron chi connectivity index (χ2n) is 4.94. The summed E-state index contributed by atoms with van der Waals surface area (Å²) in [6.07, 6.45) is 1.46. The van der Waals surface area contributed by atoms with Gasteiger partial charge in [0.25, 0.3) is 0 Å². The van der Waals surface area contributed by atoms with E-state index < -0.39 is 11.6 Å². The quantitative estimate of drug-likeness (QED) is 0.893. The zero-order valence-corrected chi connectivity index (χ0v) is 10.7. The maximum Gasteiger partial charge on any atom is 0.129 e. The van der Waals surface area contributed by atoms with Gasteiger partial charge in [0.15, 0.2) is 0 Å². The summed E-state index contributed by atoms with van der Waals surface area (Å²) in [6, 6.07) is 4.28. The first-order valence-electron chi connectivity index (χ1n) is 6.38. The molecule has 0 radical (unpaired) electrons. The first kappa shape index (κ1) is 13.4. The lowest BCUT2D eigenvalue weighted by Gasteiger charge is -2.22. The number of hydrogen-bond donors (Lipinski definition) is 1. The van der Waals surface area contributed by atoms with Crippen molar-refractivity contribution in [3.05, 3.63) is 35.4 Å². The molecule has 1 aliphatic heterocycles. The lowest BCUT2D eigenvalue weighted by atomic mass is 10.0. The topological polar surface area (TPSA) is 21.3 Å². The molecule has 1 heterocycles. The van der Waals surface area contributed by atoms with Gasteiger partial charge in [-0.05, 0) is 38.8 Å². The van der Waals surface area contributed by atoms with Crippen LogP contribution < -0.4 is 5.32 Å². The molecule has 0 bridgehead atoms. The third kappa shape index (κ3) is 3.06. The Bertz CT molecular complexity index is 391. The van der Waals surface area contributed by atoms with Crippen LogP contribution in [0.1, 0.15) is 25.8 Å².